The first-order chi connectivity index (χ1) is 8.74. The van der Waals surface area contributed by atoms with Crippen LogP contribution in [0.25, 0.3) is 0 Å². The molecule has 0 radical (unpaired) electrons. The largest absolute Gasteiger partial charge is 0.309 e. The van der Waals surface area contributed by atoms with E-state index in [1.165, 1.54) is 28.7 Å². The lowest BCUT2D eigenvalue weighted by Crippen LogP contribution is -2.40. The smallest absolute Gasteiger partial charge is 0.0422 e. The van der Waals surface area contributed by atoms with E-state index in [0.717, 1.165) is 12.1 Å². The van der Waals surface area contributed by atoms with Crippen molar-refractivity contribution < 1.29 is 0 Å². The number of aryl methyl sites for hydroxylation is 1. The zero-order chi connectivity index (χ0) is 12.8. The lowest BCUT2D eigenvalue weighted by Gasteiger charge is -2.21. The number of pyridine rings is 1. The predicted molar refractivity (Wildman–Crippen MR) is 83.7 cm³/mol. The van der Waals surface area contributed by atoms with E-state index in [1.54, 1.807) is 0 Å². The average Bonchev–Trinajstić information content (AvgIpc) is 2.57. The van der Waals surface area contributed by atoms with Crippen LogP contribution in [0.4, 0.5) is 0 Å². The van der Waals surface area contributed by atoms with Crippen molar-refractivity contribution in [2.75, 3.05) is 23.0 Å². The summed E-state index contributed by atoms with van der Waals surface area (Å²) in [6, 6.07) is 7.44. The molecule has 1 aromatic heterocycles. The molecule has 18 heavy (non-hydrogen) atoms. The zero-order valence-electron chi connectivity index (χ0n) is 11.2. The second-order valence-corrected chi connectivity index (χ2v) is 7.19. The molecule has 0 bridgehead atoms. The monoisotopic (exact) mass is 282 g/mol. The zero-order valence-corrected chi connectivity index (χ0v) is 12.8. The number of thioether (sulfide) groups is 2. The van der Waals surface area contributed by atoms with Crippen LogP contribution in [-0.4, -0.2) is 40.1 Å². The first-order valence-electron chi connectivity index (χ1n) is 6.58. The Morgan fingerprint density at radius 1 is 1.33 bits per heavy atom. The molecule has 100 valence electrons. The summed E-state index contributed by atoms with van der Waals surface area (Å²) in [6.45, 7) is 4.32. The van der Waals surface area contributed by atoms with Crippen LogP contribution in [0.1, 0.15) is 18.3 Å². The number of hydrogen-bond donors (Lipinski definition) is 1. The van der Waals surface area contributed by atoms with Crippen LogP contribution in [0.5, 0.6) is 0 Å². The Bertz CT molecular complexity index is 363. The summed E-state index contributed by atoms with van der Waals surface area (Å²) in [5.41, 5.74) is 2.31. The highest BCUT2D eigenvalue weighted by Gasteiger charge is 2.15. The van der Waals surface area contributed by atoms with Gasteiger partial charge in [-0.15, -0.1) is 0 Å². The van der Waals surface area contributed by atoms with Crippen LogP contribution in [0.15, 0.2) is 18.2 Å². The van der Waals surface area contributed by atoms with Crippen LogP contribution in [-0.2, 0) is 6.42 Å². The highest BCUT2D eigenvalue weighted by Crippen LogP contribution is 2.17. The molecule has 0 unspecified atom stereocenters. The Labute approximate surface area is 119 Å². The topological polar surface area (TPSA) is 24.9 Å². The van der Waals surface area contributed by atoms with Crippen molar-refractivity contribution in [2.45, 2.75) is 32.4 Å². The van der Waals surface area contributed by atoms with Gasteiger partial charge in [0, 0.05) is 52.9 Å². The Morgan fingerprint density at radius 3 is 2.72 bits per heavy atom. The molecular weight excluding hydrogens is 260 g/mol. The lowest BCUT2D eigenvalue weighted by atomic mass is 10.1. The van der Waals surface area contributed by atoms with Crippen molar-refractivity contribution in [1.82, 2.24) is 10.3 Å². The summed E-state index contributed by atoms with van der Waals surface area (Å²) >= 11 is 4.15. The van der Waals surface area contributed by atoms with Gasteiger partial charge in [0.25, 0.3) is 0 Å². The third-order valence-electron chi connectivity index (χ3n) is 2.99. The second kappa shape index (κ2) is 7.41. The van der Waals surface area contributed by atoms with Crippen molar-refractivity contribution in [3.05, 3.63) is 29.6 Å². The molecule has 0 aliphatic carbocycles. The minimum Gasteiger partial charge on any atom is -0.309 e. The van der Waals surface area contributed by atoms with Gasteiger partial charge in [0.05, 0.1) is 0 Å². The highest BCUT2D eigenvalue weighted by atomic mass is 32.2. The molecule has 1 atom stereocenters. The molecule has 1 aromatic rings. The van der Waals surface area contributed by atoms with Crippen LogP contribution >= 0.6 is 23.5 Å². The average molecular weight is 282 g/mol. The summed E-state index contributed by atoms with van der Waals surface area (Å²) in [4.78, 5) is 4.57. The maximum Gasteiger partial charge on any atom is 0.0422 e. The Balaban J connectivity index is 1.82. The van der Waals surface area contributed by atoms with E-state index in [-0.39, 0.29) is 0 Å². The summed E-state index contributed by atoms with van der Waals surface area (Å²) in [5.74, 6) is 5.10. The quantitative estimate of drug-likeness (QED) is 0.918. The van der Waals surface area contributed by atoms with E-state index in [2.05, 4.69) is 65.9 Å². The fourth-order valence-corrected chi connectivity index (χ4v) is 4.62. The lowest BCUT2D eigenvalue weighted by molar-refractivity contribution is 0.493. The van der Waals surface area contributed by atoms with Gasteiger partial charge in [-0.2, -0.15) is 23.5 Å². The first-order valence-corrected chi connectivity index (χ1v) is 8.89. The van der Waals surface area contributed by atoms with Gasteiger partial charge in [0.15, 0.2) is 0 Å². The Kier molecular flexibility index (Phi) is 5.86. The summed E-state index contributed by atoms with van der Waals surface area (Å²) in [5, 5.41) is 3.75. The Morgan fingerprint density at radius 2 is 2.06 bits per heavy atom. The van der Waals surface area contributed by atoms with Gasteiger partial charge >= 0.3 is 0 Å². The molecule has 1 N–H and O–H groups in total. The number of nitrogens with one attached hydrogen (secondary N) is 1. The van der Waals surface area contributed by atoms with Crippen molar-refractivity contribution in [2.24, 2.45) is 0 Å². The molecule has 4 heteroatoms. The molecule has 1 aliphatic rings. The molecule has 1 saturated heterocycles. The van der Waals surface area contributed by atoms with E-state index in [4.69, 9.17) is 0 Å². The summed E-state index contributed by atoms with van der Waals surface area (Å²) < 4.78 is 0. The molecule has 0 aromatic carbocycles. The van der Waals surface area contributed by atoms with Gasteiger partial charge in [-0.05, 0) is 26.0 Å². The number of aromatic nitrogens is 1. The molecule has 1 aliphatic heterocycles. The maximum atomic E-state index is 4.57. The van der Waals surface area contributed by atoms with E-state index >= 15 is 0 Å². The summed E-state index contributed by atoms with van der Waals surface area (Å²) in [6.07, 6.45) is 1.02. The van der Waals surface area contributed by atoms with Crippen molar-refractivity contribution in [1.29, 1.82) is 0 Å². The molecule has 0 amide bonds. The minimum absolute atomic E-state index is 0.503. The third kappa shape index (κ3) is 4.82. The van der Waals surface area contributed by atoms with Crippen molar-refractivity contribution in [3.63, 3.8) is 0 Å². The first kappa shape index (κ1) is 14.2. The standard InChI is InChI=1S/C14H22N2S2/c1-11-4-3-5-13(15-11)8-12(2)16-14-9-17-6-7-18-10-14/h3-5,12,14,16H,6-10H2,1-2H3/t12-/m0/s1. The second-order valence-electron chi connectivity index (χ2n) is 4.89. The molecule has 0 spiro atoms. The van der Waals surface area contributed by atoms with Crippen molar-refractivity contribution in [3.8, 4) is 0 Å². The maximum absolute atomic E-state index is 4.57. The molecular formula is C14H22N2S2. The van der Waals surface area contributed by atoms with E-state index in [1.807, 2.05) is 0 Å². The normalized spacial score (nSPS) is 19.4. The van der Waals surface area contributed by atoms with Gasteiger partial charge in [-0.1, -0.05) is 6.07 Å². The van der Waals surface area contributed by atoms with Crippen LogP contribution in [0.2, 0.25) is 0 Å². The van der Waals surface area contributed by atoms with Crippen molar-refractivity contribution >= 4 is 23.5 Å². The minimum atomic E-state index is 0.503. The molecule has 2 heterocycles. The van der Waals surface area contributed by atoms with Gasteiger partial charge in [-0.3, -0.25) is 4.98 Å². The van der Waals surface area contributed by atoms with E-state index < -0.39 is 0 Å². The molecule has 2 rings (SSSR count). The molecule has 1 fully saturated rings. The van der Waals surface area contributed by atoms with E-state index in [0.29, 0.717) is 12.1 Å². The fourth-order valence-electron chi connectivity index (χ4n) is 2.20. The predicted octanol–water partition coefficient (Wildman–Crippen LogP) is 2.76. The molecule has 0 saturated carbocycles. The van der Waals surface area contributed by atoms with Gasteiger partial charge < -0.3 is 5.32 Å². The van der Waals surface area contributed by atoms with Crippen LogP contribution < -0.4 is 5.32 Å². The Hall–Kier alpha value is -0.190. The SMILES string of the molecule is Cc1cccc(C[C@H](C)NC2CSCCSC2)n1. The molecule has 2 nitrogen and oxygen atoms in total. The fraction of sp³-hybridized carbons (Fsp3) is 0.643. The van der Waals surface area contributed by atoms with Gasteiger partial charge in [0.1, 0.15) is 0 Å². The van der Waals surface area contributed by atoms with Crippen LogP contribution in [0, 0.1) is 6.92 Å². The number of nitrogens with zero attached hydrogens (tertiary/aromatic N) is 1. The number of hydrogen-bond acceptors (Lipinski definition) is 4. The highest BCUT2D eigenvalue weighted by molar-refractivity contribution is 8.03. The van der Waals surface area contributed by atoms with Gasteiger partial charge in [0.2, 0.25) is 0 Å². The van der Waals surface area contributed by atoms with E-state index in [9.17, 15) is 0 Å². The number of rotatable bonds is 4. The third-order valence-corrected chi connectivity index (χ3v) is 5.51. The van der Waals surface area contributed by atoms with Gasteiger partial charge in [-0.25, -0.2) is 0 Å². The van der Waals surface area contributed by atoms with Crippen LogP contribution in [0.3, 0.4) is 0 Å². The summed E-state index contributed by atoms with van der Waals surface area (Å²) in [7, 11) is 0.